The summed E-state index contributed by atoms with van der Waals surface area (Å²) < 4.78 is 0. The van der Waals surface area contributed by atoms with Gasteiger partial charge in [0.1, 0.15) is 29.9 Å². The number of carbonyl (C=O) groups is 6. The molecule has 17 heteroatoms. The van der Waals surface area contributed by atoms with Gasteiger partial charge in [0.25, 0.3) is 0 Å². The van der Waals surface area contributed by atoms with Gasteiger partial charge in [0.15, 0.2) is 5.96 Å². The molecule has 1 rings (SSSR count). The fraction of sp³-hybridized carbons (Fsp3) is 0.536. The first-order chi connectivity index (χ1) is 21.0. The summed E-state index contributed by atoms with van der Waals surface area (Å²) in [4.78, 5) is 78.6. The van der Waals surface area contributed by atoms with E-state index in [9.17, 15) is 44.1 Å². The van der Waals surface area contributed by atoms with Crippen LogP contribution in [0.3, 0.4) is 0 Å². The number of nitrogens with two attached hydrogens (primary N) is 3. The third-order valence-electron chi connectivity index (χ3n) is 6.57. The van der Waals surface area contributed by atoms with Gasteiger partial charge in [-0.25, -0.2) is 4.79 Å². The average molecular weight is 637 g/mol. The molecule has 0 bridgehead atoms. The van der Waals surface area contributed by atoms with Crippen LogP contribution in [0, 0.1) is 5.92 Å². The number of carbonyl (C=O) groups excluding carboxylic acids is 4. The normalized spacial score (nSPS) is 14.2. The molecule has 0 aliphatic rings. The summed E-state index contributed by atoms with van der Waals surface area (Å²) in [5.41, 5.74) is 17.3. The van der Waals surface area contributed by atoms with Crippen LogP contribution in [0.2, 0.25) is 0 Å². The largest absolute Gasteiger partial charge is 0.508 e. The number of phenolic OH excluding ortho intramolecular Hbond substituents is 1. The standard InChI is InChI=1S/C28H44N8O9/c1-14(2)22(27(44)45)36-26(43)19(5-4-12-32-28(30)31)35-25(42)20(10-11-21(38)39)34-23(40)15(3)33-24(41)18(29)13-16-6-8-17(37)9-7-16/h6-9,14-15,18-20,22,37H,4-5,10-13,29H2,1-3H3,(H,33,41)(H,34,40)(H,35,42)(H,36,43)(H,38,39)(H,44,45)(H4,30,31,32)/t15-,18-,19-,20-,22-/m0/s1. The molecule has 0 radical (unpaired) electrons. The van der Waals surface area contributed by atoms with E-state index in [1.54, 1.807) is 26.0 Å². The zero-order chi connectivity index (χ0) is 34.3. The molecule has 13 N–H and O–H groups in total. The second-order valence-corrected chi connectivity index (χ2v) is 10.8. The van der Waals surface area contributed by atoms with Gasteiger partial charge in [0.2, 0.25) is 23.6 Å². The van der Waals surface area contributed by atoms with Gasteiger partial charge >= 0.3 is 11.9 Å². The molecule has 0 aliphatic heterocycles. The Labute approximate surface area is 260 Å². The fourth-order valence-electron chi connectivity index (χ4n) is 4.01. The van der Waals surface area contributed by atoms with E-state index in [2.05, 4.69) is 26.3 Å². The van der Waals surface area contributed by atoms with Gasteiger partial charge < -0.3 is 53.8 Å². The quantitative estimate of drug-likeness (QED) is 0.0443. The summed E-state index contributed by atoms with van der Waals surface area (Å²) >= 11 is 0. The van der Waals surface area contributed by atoms with E-state index in [-0.39, 0.29) is 43.9 Å². The number of amides is 4. The molecule has 0 aromatic heterocycles. The van der Waals surface area contributed by atoms with E-state index in [1.165, 1.54) is 19.1 Å². The zero-order valence-corrected chi connectivity index (χ0v) is 25.5. The highest BCUT2D eigenvalue weighted by atomic mass is 16.4. The second kappa shape index (κ2) is 18.7. The minimum Gasteiger partial charge on any atom is -0.508 e. The summed E-state index contributed by atoms with van der Waals surface area (Å²) in [6.45, 7) is 4.61. The number of nitrogens with zero attached hydrogens (tertiary/aromatic N) is 1. The highest BCUT2D eigenvalue weighted by molar-refractivity contribution is 5.95. The molecule has 0 spiro atoms. The smallest absolute Gasteiger partial charge is 0.326 e. The van der Waals surface area contributed by atoms with Gasteiger partial charge in [0.05, 0.1) is 6.04 Å². The zero-order valence-electron chi connectivity index (χ0n) is 25.5. The third-order valence-corrected chi connectivity index (χ3v) is 6.57. The summed E-state index contributed by atoms with van der Waals surface area (Å²) in [6, 6.07) is -0.178. The Morgan fingerprint density at radius 2 is 1.36 bits per heavy atom. The molecule has 4 amide bonds. The molecule has 0 aliphatic carbocycles. The number of aliphatic imine (C=N–C) groups is 1. The molecule has 17 nitrogen and oxygen atoms in total. The van der Waals surface area contributed by atoms with E-state index < -0.39 is 78.1 Å². The number of rotatable bonds is 19. The number of aliphatic carboxylic acids is 2. The second-order valence-electron chi connectivity index (χ2n) is 10.8. The van der Waals surface area contributed by atoms with Crippen LogP contribution in [0.15, 0.2) is 29.3 Å². The van der Waals surface area contributed by atoms with Crippen molar-refractivity contribution in [3.8, 4) is 5.75 Å². The molecule has 250 valence electrons. The van der Waals surface area contributed by atoms with Crippen molar-refractivity contribution in [1.29, 1.82) is 0 Å². The van der Waals surface area contributed by atoms with E-state index in [1.807, 2.05) is 0 Å². The number of benzene rings is 1. The monoisotopic (exact) mass is 636 g/mol. The maximum absolute atomic E-state index is 13.3. The Balaban J connectivity index is 3.02. The van der Waals surface area contributed by atoms with Crippen molar-refractivity contribution in [3.63, 3.8) is 0 Å². The number of hydrogen-bond acceptors (Lipinski definition) is 9. The number of hydrogen-bond donors (Lipinski definition) is 10. The SMILES string of the molecule is CC(C)[C@H](NC(=O)[C@H](CCCN=C(N)N)NC(=O)[C@H](CCC(=O)O)NC(=O)[C@H](C)NC(=O)[C@@H](N)Cc1ccc(O)cc1)C(=O)O. The highest BCUT2D eigenvalue weighted by Gasteiger charge is 2.31. The Morgan fingerprint density at radius 1 is 0.800 bits per heavy atom. The molecule has 5 atom stereocenters. The van der Waals surface area contributed by atoms with Gasteiger partial charge in [-0.3, -0.25) is 29.0 Å². The summed E-state index contributed by atoms with van der Waals surface area (Å²) in [6.07, 6.45) is -0.595. The van der Waals surface area contributed by atoms with Crippen molar-refractivity contribution in [3.05, 3.63) is 29.8 Å². The van der Waals surface area contributed by atoms with Gasteiger partial charge in [-0.05, 0) is 56.2 Å². The number of phenols is 1. The molecule has 0 heterocycles. The first-order valence-electron chi connectivity index (χ1n) is 14.3. The lowest BCUT2D eigenvalue weighted by atomic mass is 10.0. The van der Waals surface area contributed by atoms with E-state index in [0.29, 0.717) is 5.56 Å². The minimum atomic E-state index is -1.44. The van der Waals surface area contributed by atoms with Crippen molar-refractivity contribution in [2.24, 2.45) is 28.1 Å². The van der Waals surface area contributed by atoms with Gasteiger partial charge in [-0.1, -0.05) is 26.0 Å². The fourth-order valence-corrected chi connectivity index (χ4v) is 4.01. The third kappa shape index (κ3) is 14.4. The van der Waals surface area contributed by atoms with Gasteiger partial charge in [0, 0.05) is 13.0 Å². The van der Waals surface area contributed by atoms with Crippen molar-refractivity contribution in [2.45, 2.75) is 83.1 Å². The van der Waals surface area contributed by atoms with Crippen LogP contribution in [0.5, 0.6) is 5.75 Å². The summed E-state index contributed by atoms with van der Waals surface area (Å²) in [5, 5.41) is 37.7. The number of nitrogens with one attached hydrogen (secondary N) is 4. The van der Waals surface area contributed by atoms with E-state index in [0.717, 1.165) is 0 Å². The molecule has 0 fully saturated rings. The van der Waals surface area contributed by atoms with E-state index in [4.69, 9.17) is 17.2 Å². The summed E-state index contributed by atoms with van der Waals surface area (Å²) in [7, 11) is 0. The molecular weight excluding hydrogens is 592 g/mol. The van der Waals surface area contributed by atoms with Crippen molar-refractivity contribution >= 4 is 41.5 Å². The summed E-state index contributed by atoms with van der Waals surface area (Å²) in [5.74, 6) is -6.40. The molecule has 1 aromatic rings. The van der Waals surface area contributed by atoms with Crippen LogP contribution in [0.4, 0.5) is 0 Å². The van der Waals surface area contributed by atoms with Crippen LogP contribution >= 0.6 is 0 Å². The first-order valence-corrected chi connectivity index (χ1v) is 14.3. The van der Waals surface area contributed by atoms with Crippen LogP contribution in [-0.4, -0.2) is 93.6 Å². The number of guanidine groups is 1. The molecule has 0 unspecified atom stereocenters. The van der Waals surface area contributed by atoms with Crippen molar-refractivity contribution < 1.29 is 44.1 Å². The lowest BCUT2D eigenvalue weighted by Crippen LogP contribution is -2.58. The van der Waals surface area contributed by atoms with Crippen LogP contribution < -0.4 is 38.5 Å². The number of carboxylic acids is 2. The van der Waals surface area contributed by atoms with Gasteiger partial charge in [-0.2, -0.15) is 0 Å². The van der Waals surface area contributed by atoms with Crippen LogP contribution in [-0.2, 0) is 35.2 Å². The van der Waals surface area contributed by atoms with Gasteiger partial charge in [-0.15, -0.1) is 0 Å². The molecule has 0 saturated heterocycles. The average Bonchev–Trinajstić information content (AvgIpc) is 2.95. The van der Waals surface area contributed by atoms with Crippen molar-refractivity contribution in [1.82, 2.24) is 21.3 Å². The lowest BCUT2D eigenvalue weighted by Gasteiger charge is -2.26. The molecule has 1 aromatic carbocycles. The Hall–Kier alpha value is -4.93. The van der Waals surface area contributed by atoms with Crippen LogP contribution in [0.1, 0.15) is 52.0 Å². The highest BCUT2D eigenvalue weighted by Crippen LogP contribution is 2.11. The maximum Gasteiger partial charge on any atom is 0.326 e. The topological polar surface area (TPSA) is 302 Å². The molecular formula is C28H44N8O9. The molecule has 0 saturated carbocycles. The predicted octanol–water partition coefficient (Wildman–Crippen LogP) is -2.12. The van der Waals surface area contributed by atoms with Crippen LogP contribution in [0.25, 0.3) is 0 Å². The Bertz CT molecular complexity index is 1220. The molecule has 45 heavy (non-hydrogen) atoms. The minimum absolute atomic E-state index is 0.0240. The van der Waals surface area contributed by atoms with E-state index >= 15 is 0 Å². The predicted molar refractivity (Wildman–Crippen MR) is 162 cm³/mol. The number of aromatic hydroxyl groups is 1. The Kier molecular flexibility index (Phi) is 15.8. The van der Waals surface area contributed by atoms with Crippen molar-refractivity contribution in [2.75, 3.05) is 6.54 Å². The number of carboxylic acid groups (broad SMARTS) is 2. The maximum atomic E-state index is 13.3. The Morgan fingerprint density at radius 3 is 1.89 bits per heavy atom. The lowest BCUT2D eigenvalue weighted by molar-refractivity contribution is -0.143. The first kappa shape index (κ1) is 38.1.